The Bertz CT molecular complexity index is 474. The molecule has 2 rings (SSSR count). The summed E-state index contributed by atoms with van der Waals surface area (Å²) >= 11 is 0. The number of nitrogens with zero attached hydrogens (tertiary/aromatic N) is 1. The number of nitrogens with two attached hydrogens (primary N) is 1. The van der Waals surface area contributed by atoms with Crippen molar-refractivity contribution in [2.75, 3.05) is 25.1 Å². The summed E-state index contributed by atoms with van der Waals surface area (Å²) in [5.41, 5.74) is 7.77. The first-order valence-corrected chi connectivity index (χ1v) is 7.35. The molecule has 110 valence electrons. The van der Waals surface area contributed by atoms with E-state index in [-0.39, 0.29) is 11.8 Å². The van der Waals surface area contributed by atoms with E-state index in [0.29, 0.717) is 6.54 Å². The monoisotopic (exact) mass is 276 g/mol. The van der Waals surface area contributed by atoms with Crippen LogP contribution in [0, 0.1) is 5.92 Å². The number of carbonyl (C=O) groups is 1. The van der Waals surface area contributed by atoms with Gasteiger partial charge in [0.05, 0.1) is 7.11 Å². The van der Waals surface area contributed by atoms with Crippen LogP contribution in [0.25, 0.3) is 0 Å². The van der Waals surface area contributed by atoms with Gasteiger partial charge in [-0.25, -0.2) is 0 Å². The number of aryl methyl sites for hydroxylation is 1. The quantitative estimate of drug-likeness (QED) is 0.898. The number of rotatable bonds is 5. The number of fused-ring (bicyclic) bond motifs is 1. The summed E-state index contributed by atoms with van der Waals surface area (Å²) in [5, 5.41) is 0. The van der Waals surface area contributed by atoms with Crippen LogP contribution in [0.1, 0.15) is 31.7 Å². The Morgan fingerprint density at radius 1 is 1.50 bits per heavy atom. The zero-order valence-corrected chi connectivity index (χ0v) is 12.4. The zero-order chi connectivity index (χ0) is 14.5. The minimum absolute atomic E-state index is 0.0339. The second-order valence-electron chi connectivity index (χ2n) is 5.42. The van der Waals surface area contributed by atoms with E-state index < -0.39 is 0 Å². The molecule has 1 aliphatic heterocycles. The fourth-order valence-electron chi connectivity index (χ4n) is 2.74. The van der Waals surface area contributed by atoms with Crippen molar-refractivity contribution in [3.05, 3.63) is 23.8 Å². The van der Waals surface area contributed by atoms with Gasteiger partial charge in [0, 0.05) is 18.2 Å². The van der Waals surface area contributed by atoms with Crippen molar-refractivity contribution < 1.29 is 9.53 Å². The number of anilines is 1. The highest BCUT2D eigenvalue weighted by Gasteiger charge is 2.26. The Morgan fingerprint density at radius 3 is 3.00 bits per heavy atom. The second-order valence-corrected chi connectivity index (χ2v) is 5.42. The molecular formula is C16H24N2O2. The number of hydrogen-bond acceptors (Lipinski definition) is 3. The minimum Gasteiger partial charge on any atom is -0.497 e. The van der Waals surface area contributed by atoms with Gasteiger partial charge in [-0.1, -0.05) is 6.92 Å². The average molecular weight is 276 g/mol. The number of methoxy groups -OCH3 is 1. The maximum atomic E-state index is 12.6. The van der Waals surface area contributed by atoms with Gasteiger partial charge in [0.2, 0.25) is 5.91 Å². The summed E-state index contributed by atoms with van der Waals surface area (Å²) in [6.07, 6.45) is 3.77. The van der Waals surface area contributed by atoms with Gasteiger partial charge in [-0.05, 0) is 56.0 Å². The molecule has 0 aromatic heterocycles. The Balaban J connectivity index is 2.17. The van der Waals surface area contributed by atoms with Gasteiger partial charge in [-0.2, -0.15) is 0 Å². The molecule has 1 atom stereocenters. The number of carbonyl (C=O) groups excluding carboxylic acids is 1. The predicted molar refractivity (Wildman–Crippen MR) is 81.1 cm³/mol. The molecule has 0 saturated heterocycles. The van der Waals surface area contributed by atoms with Gasteiger partial charge in [-0.15, -0.1) is 0 Å². The molecule has 2 N–H and O–H groups in total. The van der Waals surface area contributed by atoms with Gasteiger partial charge in [0.1, 0.15) is 5.75 Å². The SMILES string of the molecule is COc1ccc2c(c1)CCCN2C(=O)C(C)CCCN. The van der Waals surface area contributed by atoms with Gasteiger partial charge >= 0.3 is 0 Å². The lowest BCUT2D eigenvalue weighted by atomic mass is 9.98. The van der Waals surface area contributed by atoms with Gasteiger partial charge in [0.15, 0.2) is 0 Å². The van der Waals surface area contributed by atoms with E-state index in [1.807, 2.05) is 30.0 Å². The summed E-state index contributed by atoms with van der Waals surface area (Å²) in [6, 6.07) is 5.97. The first-order valence-electron chi connectivity index (χ1n) is 7.35. The van der Waals surface area contributed by atoms with E-state index in [2.05, 4.69) is 0 Å². The third kappa shape index (κ3) is 3.12. The number of benzene rings is 1. The van der Waals surface area contributed by atoms with Crippen molar-refractivity contribution in [1.29, 1.82) is 0 Å². The first kappa shape index (κ1) is 14.9. The molecule has 1 heterocycles. The number of ether oxygens (including phenoxy) is 1. The minimum atomic E-state index is 0.0339. The zero-order valence-electron chi connectivity index (χ0n) is 12.4. The van der Waals surface area contributed by atoms with Gasteiger partial charge in [-0.3, -0.25) is 4.79 Å². The molecule has 4 nitrogen and oxygen atoms in total. The third-order valence-corrected chi connectivity index (χ3v) is 3.93. The summed E-state index contributed by atoms with van der Waals surface area (Å²) in [5.74, 6) is 1.10. The van der Waals surface area contributed by atoms with E-state index in [1.165, 1.54) is 5.56 Å². The Kier molecular flexibility index (Phi) is 5.01. The van der Waals surface area contributed by atoms with Crippen molar-refractivity contribution in [1.82, 2.24) is 0 Å². The molecule has 0 fully saturated rings. The highest BCUT2D eigenvalue weighted by molar-refractivity contribution is 5.96. The largest absolute Gasteiger partial charge is 0.497 e. The smallest absolute Gasteiger partial charge is 0.229 e. The number of amides is 1. The average Bonchev–Trinajstić information content (AvgIpc) is 2.50. The van der Waals surface area contributed by atoms with Crippen LogP contribution in [0.2, 0.25) is 0 Å². The molecule has 1 aliphatic rings. The van der Waals surface area contributed by atoms with E-state index in [9.17, 15) is 4.79 Å². The fourth-order valence-corrected chi connectivity index (χ4v) is 2.74. The van der Waals surface area contributed by atoms with E-state index in [0.717, 1.165) is 43.7 Å². The standard InChI is InChI=1S/C16H24N2O2/c1-12(5-3-9-17)16(19)18-10-4-6-13-11-14(20-2)7-8-15(13)18/h7-8,11-12H,3-6,9-10,17H2,1-2H3. The molecule has 0 saturated carbocycles. The molecule has 1 amide bonds. The molecular weight excluding hydrogens is 252 g/mol. The van der Waals surface area contributed by atoms with Crippen LogP contribution >= 0.6 is 0 Å². The van der Waals surface area contributed by atoms with Crippen molar-refractivity contribution in [2.45, 2.75) is 32.6 Å². The van der Waals surface area contributed by atoms with Crippen LogP contribution in [0.4, 0.5) is 5.69 Å². The lowest BCUT2D eigenvalue weighted by Gasteiger charge is -2.31. The predicted octanol–water partition coefficient (Wildman–Crippen LogP) is 2.35. The van der Waals surface area contributed by atoms with Crippen LogP contribution in [0.5, 0.6) is 5.75 Å². The molecule has 20 heavy (non-hydrogen) atoms. The summed E-state index contributed by atoms with van der Waals surface area (Å²) in [6.45, 7) is 3.45. The normalized spacial score (nSPS) is 15.7. The third-order valence-electron chi connectivity index (χ3n) is 3.93. The lowest BCUT2D eigenvalue weighted by Crippen LogP contribution is -2.39. The molecule has 1 unspecified atom stereocenters. The Morgan fingerprint density at radius 2 is 2.30 bits per heavy atom. The molecule has 4 heteroatoms. The Hall–Kier alpha value is -1.55. The maximum absolute atomic E-state index is 12.6. The summed E-state index contributed by atoms with van der Waals surface area (Å²) in [7, 11) is 1.67. The highest BCUT2D eigenvalue weighted by Crippen LogP contribution is 2.31. The van der Waals surface area contributed by atoms with Crippen LogP contribution < -0.4 is 15.4 Å². The first-order chi connectivity index (χ1) is 9.67. The molecule has 1 aromatic rings. The molecule has 0 spiro atoms. The van der Waals surface area contributed by atoms with Crippen molar-refractivity contribution >= 4 is 11.6 Å². The topological polar surface area (TPSA) is 55.6 Å². The van der Waals surface area contributed by atoms with Gasteiger partial charge in [0.25, 0.3) is 0 Å². The Labute approximate surface area is 120 Å². The molecule has 0 radical (unpaired) electrons. The van der Waals surface area contributed by atoms with Gasteiger partial charge < -0.3 is 15.4 Å². The summed E-state index contributed by atoms with van der Waals surface area (Å²) in [4.78, 5) is 14.5. The van der Waals surface area contributed by atoms with E-state index in [1.54, 1.807) is 7.11 Å². The molecule has 0 aliphatic carbocycles. The highest BCUT2D eigenvalue weighted by atomic mass is 16.5. The van der Waals surface area contributed by atoms with E-state index >= 15 is 0 Å². The number of hydrogen-bond donors (Lipinski definition) is 1. The maximum Gasteiger partial charge on any atom is 0.229 e. The summed E-state index contributed by atoms with van der Waals surface area (Å²) < 4.78 is 5.26. The lowest BCUT2D eigenvalue weighted by molar-refractivity contribution is -0.122. The second kappa shape index (κ2) is 6.75. The fraction of sp³-hybridized carbons (Fsp3) is 0.562. The van der Waals surface area contributed by atoms with E-state index in [4.69, 9.17) is 10.5 Å². The van der Waals surface area contributed by atoms with Crippen LogP contribution in [0.15, 0.2) is 18.2 Å². The molecule has 0 bridgehead atoms. The van der Waals surface area contributed by atoms with Crippen molar-refractivity contribution in [2.24, 2.45) is 11.7 Å². The van der Waals surface area contributed by atoms with Crippen LogP contribution in [-0.2, 0) is 11.2 Å². The molecule has 1 aromatic carbocycles. The van der Waals surface area contributed by atoms with Crippen LogP contribution in [-0.4, -0.2) is 26.1 Å². The van der Waals surface area contributed by atoms with Crippen molar-refractivity contribution in [3.63, 3.8) is 0 Å². The van der Waals surface area contributed by atoms with Crippen molar-refractivity contribution in [3.8, 4) is 5.75 Å². The van der Waals surface area contributed by atoms with Crippen LogP contribution in [0.3, 0.4) is 0 Å².